The molecule has 1 fully saturated rings. The first-order valence-electron chi connectivity index (χ1n) is 6.87. The summed E-state index contributed by atoms with van der Waals surface area (Å²) in [5, 5.41) is 3.17. The molecule has 0 spiro atoms. The Morgan fingerprint density at radius 3 is 2.63 bits per heavy atom. The van der Waals surface area contributed by atoms with Gasteiger partial charge in [-0.15, -0.1) is 0 Å². The number of hydrogen-bond acceptors (Lipinski definition) is 3. The lowest BCUT2D eigenvalue weighted by Crippen LogP contribution is -2.18. The Kier molecular flexibility index (Phi) is 3.36. The summed E-state index contributed by atoms with van der Waals surface area (Å²) in [5.74, 6) is 1.10. The second kappa shape index (κ2) is 5.31. The van der Waals surface area contributed by atoms with E-state index in [1.807, 2.05) is 7.05 Å². The molecule has 2 aromatic rings. The van der Waals surface area contributed by atoms with Gasteiger partial charge in [-0.2, -0.15) is 0 Å². The fraction of sp³-hybridized carbons (Fsp3) is 0.312. The monoisotopic (exact) mass is 253 g/mol. The van der Waals surface area contributed by atoms with Crippen LogP contribution in [0, 0.1) is 0 Å². The molecule has 1 saturated heterocycles. The van der Waals surface area contributed by atoms with Gasteiger partial charge in [0.25, 0.3) is 0 Å². The average Bonchev–Trinajstić information content (AvgIpc) is 3.02. The Morgan fingerprint density at radius 1 is 1.05 bits per heavy atom. The summed E-state index contributed by atoms with van der Waals surface area (Å²) in [4.78, 5) is 7.17. The largest absolute Gasteiger partial charge is 0.388 e. The molecule has 0 amide bonds. The van der Waals surface area contributed by atoms with Gasteiger partial charge in [0, 0.05) is 31.4 Å². The maximum absolute atomic E-state index is 4.80. The first kappa shape index (κ1) is 12.0. The SMILES string of the molecule is CNc1cccc(-c2cccc(N3CCCC3)n2)c1. The summed E-state index contributed by atoms with van der Waals surface area (Å²) >= 11 is 0. The number of hydrogen-bond donors (Lipinski definition) is 1. The molecule has 2 heterocycles. The zero-order valence-corrected chi connectivity index (χ0v) is 11.3. The normalized spacial score (nSPS) is 14.7. The van der Waals surface area contributed by atoms with Crippen molar-refractivity contribution in [3.8, 4) is 11.3 Å². The Morgan fingerprint density at radius 2 is 1.84 bits per heavy atom. The molecular formula is C16H19N3. The zero-order chi connectivity index (χ0) is 13.1. The van der Waals surface area contributed by atoms with Crippen LogP contribution in [0.4, 0.5) is 11.5 Å². The smallest absolute Gasteiger partial charge is 0.129 e. The minimum absolute atomic E-state index is 1.04. The van der Waals surface area contributed by atoms with E-state index in [0.717, 1.165) is 35.9 Å². The Labute approximate surface area is 114 Å². The maximum Gasteiger partial charge on any atom is 0.129 e. The Balaban J connectivity index is 1.93. The number of anilines is 2. The predicted molar refractivity (Wildman–Crippen MR) is 80.7 cm³/mol. The van der Waals surface area contributed by atoms with Crippen LogP contribution in [0.2, 0.25) is 0 Å². The van der Waals surface area contributed by atoms with Crippen LogP contribution in [0.15, 0.2) is 42.5 Å². The van der Waals surface area contributed by atoms with E-state index in [0.29, 0.717) is 0 Å². The molecule has 1 aliphatic rings. The van der Waals surface area contributed by atoms with Crippen molar-refractivity contribution < 1.29 is 0 Å². The van der Waals surface area contributed by atoms with E-state index in [-0.39, 0.29) is 0 Å². The average molecular weight is 253 g/mol. The third-order valence-corrected chi connectivity index (χ3v) is 3.61. The van der Waals surface area contributed by atoms with Gasteiger partial charge >= 0.3 is 0 Å². The summed E-state index contributed by atoms with van der Waals surface area (Å²) in [6.07, 6.45) is 2.56. The lowest BCUT2D eigenvalue weighted by Gasteiger charge is -2.17. The van der Waals surface area contributed by atoms with Crippen molar-refractivity contribution in [1.82, 2.24) is 4.98 Å². The first-order valence-corrected chi connectivity index (χ1v) is 6.87. The highest BCUT2D eigenvalue weighted by Crippen LogP contribution is 2.24. The Bertz CT molecular complexity index is 559. The van der Waals surface area contributed by atoms with Gasteiger partial charge in [-0.05, 0) is 37.1 Å². The van der Waals surface area contributed by atoms with Crippen LogP contribution >= 0.6 is 0 Å². The van der Waals surface area contributed by atoms with Gasteiger partial charge in [0.05, 0.1) is 5.69 Å². The molecule has 0 radical (unpaired) electrons. The van der Waals surface area contributed by atoms with Gasteiger partial charge < -0.3 is 10.2 Å². The number of pyridine rings is 1. The molecule has 3 rings (SSSR count). The molecule has 1 aromatic carbocycles. The summed E-state index contributed by atoms with van der Waals surface area (Å²) in [6, 6.07) is 14.7. The number of benzene rings is 1. The summed E-state index contributed by atoms with van der Waals surface area (Å²) in [6.45, 7) is 2.26. The Hall–Kier alpha value is -2.03. The van der Waals surface area contributed by atoms with E-state index >= 15 is 0 Å². The molecule has 0 unspecified atom stereocenters. The van der Waals surface area contributed by atoms with E-state index < -0.39 is 0 Å². The van der Waals surface area contributed by atoms with Gasteiger partial charge in [0.15, 0.2) is 0 Å². The number of nitrogens with zero attached hydrogens (tertiary/aromatic N) is 2. The molecule has 0 atom stereocenters. The molecule has 1 N–H and O–H groups in total. The second-order valence-corrected chi connectivity index (χ2v) is 4.91. The second-order valence-electron chi connectivity index (χ2n) is 4.91. The highest BCUT2D eigenvalue weighted by Gasteiger charge is 2.13. The van der Waals surface area contributed by atoms with Crippen molar-refractivity contribution in [3.63, 3.8) is 0 Å². The molecule has 3 heteroatoms. The van der Waals surface area contributed by atoms with Crippen LogP contribution in [0.5, 0.6) is 0 Å². The van der Waals surface area contributed by atoms with Crippen LogP contribution < -0.4 is 10.2 Å². The molecule has 1 aromatic heterocycles. The number of nitrogens with one attached hydrogen (secondary N) is 1. The van der Waals surface area contributed by atoms with Gasteiger partial charge in [-0.25, -0.2) is 4.98 Å². The van der Waals surface area contributed by atoms with Crippen LogP contribution in [-0.2, 0) is 0 Å². The van der Waals surface area contributed by atoms with Crippen LogP contribution in [0.3, 0.4) is 0 Å². The van der Waals surface area contributed by atoms with Crippen molar-refractivity contribution in [3.05, 3.63) is 42.5 Å². The van der Waals surface area contributed by atoms with Crippen molar-refractivity contribution in [2.75, 3.05) is 30.4 Å². The maximum atomic E-state index is 4.80. The topological polar surface area (TPSA) is 28.2 Å². The predicted octanol–water partition coefficient (Wildman–Crippen LogP) is 3.39. The van der Waals surface area contributed by atoms with Crippen molar-refractivity contribution in [2.24, 2.45) is 0 Å². The number of aromatic nitrogens is 1. The van der Waals surface area contributed by atoms with Crippen LogP contribution in [-0.4, -0.2) is 25.1 Å². The molecule has 0 bridgehead atoms. The summed E-state index contributed by atoms with van der Waals surface area (Å²) < 4.78 is 0. The van der Waals surface area contributed by atoms with E-state index in [2.05, 4.69) is 52.7 Å². The van der Waals surface area contributed by atoms with Crippen molar-refractivity contribution in [1.29, 1.82) is 0 Å². The van der Waals surface area contributed by atoms with Gasteiger partial charge in [-0.3, -0.25) is 0 Å². The molecule has 3 nitrogen and oxygen atoms in total. The van der Waals surface area contributed by atoms with Gasteiger partial charge in [0.1, 0.15) is 5.82 Å². The van der Waals surface area contributed by atoms with E-state index in [1.165, 1.54) is 12.8 Å². The summed E-state index contributed by atoms with van der Waals surface area (Å²) in [7, 11) is 1.94. The van der Waals surface area contributed by atoms with Crippen LogP contribution in [0.25, 0.3) is 11.3 Å². The van der Waals surface area contributed by atoms with E-state index in [9.17, 15) is 0 Å². The minimum Gasteiger partial charge on any atom is -0.388 e. The summed E-state index contributed by atoms with van der Waals surface area (Å²) in [5.41, 5.74) is 3.32. The molecule has 1 aliphatic heterocycles. The molecule has 98 valence electrons. The third kappa shape index (κ3) is 2.55. The number of rotatable bonds is 3. The third-order valence-electron chi connectivity index (χ3n) is 3.61. The minimum atomic E-state index is 1.04. The fourth-order valence-corrected chi connectivity index (χ4v) is 2.54. The highest BCUT2D eigenvalue weighted by atomic mass is 15.2. The molecule has 19 heavy (non-hydrogen) atoms. The van der Waals surface area contributed by atoms with E-state index in [1.54, 1.807) is 0 Å². The van der Waals surface area contributed by atoms with E-state index in [4.69, 9.17) is 4.98 Å². The van der Waals surface area contributed by atoms with Crippen molar-refractivity contribution >= 4 is 11.5 Å². The van der Waals surface area contributed by atoms with Crippen LogP contribution in [0.1, 0.15) is 12.8 Å². The first-order chi connectivity index (χ1) is 9.36. The quantitative estimate of drug-likeness (QED) is 0.908. The van der Waals surface area contributed by atoms with Gasteiger partial charge in [-0.1, -0.05) is 18.2 Å². The molecular weight excluding hydrogens is 234 g/mol. The van der Waals surface area contributed by atoms with Gasteiger partial charge in [0.2, 0.25) is 0 Å². The highest BCUT2D eigenvalue weighted by molar-refractivity contribution is 5.66. The zero-order valence-electron chi connectivity index (χ0n) is 11.3. The molecule has 0 saturated carbocycles. The standard InChI is InChI=1S/C16H19N3/c1-17-14-7-4-6-13(12-14)15-8-5-9-16(18-15)19-10-2-3-11-19/h4-9,12,17H,2-3,10-11H2,1H3. The molecule has 0 aliphatic carbocycles. The lowest BCUT2D eigenvalue weighted by molar-refractivity contribution is 0.939. The fourth-order valence-electron chi connectivity index (χ4n) is 2.54. The lowest BCUT2D eigenvalue weighted by atomic mass is 10.1. The van der Waals surface area contributed by atoms with Crippen molar-refractivity contribution in [2.45, 2.75) is 12.8 Å².